The van der Waals surface area contributed by atoms with E-state index in [1.54, 1.807) is 0 Å². The summed E-state index contributed by atoms with van der Waals surface area (Å²) in [5.41, 5.74) is 2.04. The highest BCUT2D eigenvalue weighted by atomic mass is 79.9. The van der Waals surface area contributed by atoms with Crippen LogP contribution in [0.3, 0.4) is 0 Å². The molecular formula is C16H21BrN2O. The fourth-order valence-corrected chi connectivity index (χ4v) is 3.88. The van der Waals surface area contributed by atoms with Crippen LogP contribution in [-0.2, 0) is 6.42 Å². The van der Waals surface area contributed by atoms with Crippen LogP contribution in [-0.4, -0.2) is 47.9 Å². The highest BCUT2D eigenvalue weighted by Gasteiger charge is 2.27. The summed E-state index contributed by atoms with van der Waals surface area (Å²) >= 11 is 3.55. The summed E-state index contributed by atoms with van der Waals surface area (Å²) < 4.78 is 1.07. The predicted octanol–water partition coefficient (Wildman–Crippen LogP) is 2.93. The molecule has 1 atom stereocenters. The van der Waals surface area contributed by atoms with Crippen LogP contribution in [0, 0.1) is 0 Å². The van der Waals surface area contributed by atoms with Gasteiger partial charge in [-0.2, -0.15) is 0 Å². The van der Waals surface area contributed by atoms with Crippen molar-refractivity contribution < 1.29 is 4.79 Å². The number of hydrogen-bond donors (Lipinski definition) is 0. The van der Waals surface area contributed by atoms with Crippen molar-refractivity contribution in [2.24, 2.45) is 0 Å². The lowest BCUT2D eigenvalue weighted by Gasteiger charge is -2.31. The maximum Gasteiger partial charge on any atom is 0.254 e. The average molecular weight is 337 g/mol. The lowest BCUT2D eigenvalue weighted by Crippen LogP contribution is -2.43. The molecule has 0 radical (unpaired) electrons. The van der Waals surface area contributed by atoms with Crippen molar-refractivity contribution >= 4 is 21.8 Å². The quantitative estimate of drug-likeness (QED) is 0.847. The van der Waals surface area contributed by atoms with E-state index in [2.05, 4.69) is 27.8 Å². The molecule has 0 unspecified atom stereocenters. The van der Waals surface area contributed by atoms with Crippen LogP contribution in [0.5, 0.6) is 0 Å². The van der Waals surface area contributed by atoms with Crippen molar-refractivity contribution in [1.29, 1.82) is 0 Å². The molecule has 1 aromatic rings. The molecule has 4 heteroatoms. The van der Waals surface area contributed by atoms with Crippen molar-refractivity contribution in [2.75, 3.05) is 26.2 Å². The Balaban J connectivity index is 1.66. The molecular weight excluding hydrogens is 316 g/mol. The number of nitrogens with zero attached hydrogens (tertiary/aromatic N) is 2. The third-order valence-corrected chi connectivity index (χ3v) is 5.36. The highest BCUT2D eigenvalue weighted by molar-refractivity contribution is 9.10. The molecule has 2 heterocycles. The highest BCUT2D eigenvalue weighted by Crippen LogP contribution is 2.26. The van der Waals surface area contributed by atoms with Gasteiger partial charge < -0.3 is 4.90 Å². The predicted molar refractivity (Wildman–Crippen MR) is 84.0 cm³/mol. The van der Waals surface area contributed by atoms with Crippen molar-refractivity contribution in [3.05, 3.63) is 33.8 Å². The van der Waals surface area contributed by atoms with Gasteiger partial charge in [-0.05, 0) is 50.4 Å². The fourth-order valence-electron chi connectivity index (χ4n) is 3.32. The number of halogens is 1. The second-order valence-corrected chi connectivity index (χ2v) is 6.69. The van der Waals surface area contributed by atoms with E-state index in [4.69, 9.17) is 0 Å². The summed E-state index contributed by atoms with van der Waals surface area (Å²) in [6.07, 6.45) is 3.55. The first-order valence-electron chi connectivity index (χ1n) is 7.47. The molecule has 0 N–H and O–H groups in total. The number of carbonyl (C=O) groups is 1. The minimum Gasteiger partial charge on any atom is -0.337 e. The van der Waals surface area contributed by atoms with Gasteiger partial charge in [0.1, 0.15) is 0 Å². The maximum absolute atomic E-state index is 12.5. The minimum absolute atomic E-state index is 0.194. The third kappa shape index (κ3) is 2.63. The Labute approximate surface area is 129 Å². The lowest BCUT2D eigenvalue weighted by atomic mass is 9.99. The second kappa shape index (κ2) is 5.86. The van der Waals surface area contributed by atoms with Gasteiger partial charge in [-0.15, -0.1) is 0 Å². The van der Waals surface area contributed by atoms with E-state index in [1.807, 2.05) is 23.1 Å². The normalized spacial score (nSPS) is 23.2. The third-order valence-electron chi connectivity index (χ3n) is 4.62. The average Bonchev–Trinajstić information content (AvgIpc) is 2.84. The van der Waals surface area contributed by atoms with Gasteiger partial charge in [0, 0.05) is 35.7 Å². The van der Waals surface area contributed by atoms with Gasteiger partial charge in [-0.3, -0.25) is 9.69 Å². The summed E-state index contributed by atoms with van der Waals surface area (Å²) in [5.74, 6) is 0.194. The van der Waals surface area contributed by atoms with Gasteiger partial charge in [0.15, 0.2) is 0 Å². The Bertz CT molecular complexity index is 517. The molecule has 2 aliphatic heterocycles. The summed E-state index contributed by atoms with van der Waals surface area (Å²) in [4.78, 5) is 17.1. The maximum atomic E-state index is 12.5. The number of benzene rings is 1. The van der Waals surface area contributed by atoms with Gasteiger partial charge in [-0.25, -0.2) is 0 Å². The number of amides is 1. The largest absolute Gasteiger partial charge is 0.337 e. The van der Waals surface area contributed by atoms with E-state index in [0.717, 1.165) is 36.1 Å². The number of rotatable bonds is 3. The Morgan fingerprint density at radius 1 is 1.30 bits per heavy atom. The van der Waals surface area contributed by atoms with Crippen LogP contribution < -0.4 is 0 Å². The zero-order chi connectivity index (χ0) is 14.1. The molecule has 1 fully saturated rings. The zero-order valence-corrected chi connectivity index (χ0v) is 13.5. The Hall–Kier alpha value is -0.870. The van der Waals surface area contributed by atoms with E-state index in [9.17, 15) is 4.79 Å². The van der Waals surface area contributed by atoms with Gasteiger partial charge >= 0.3 is 0 Å². The van der Waals surface area contributed by atoms with E-state index in [-0.39, 0.29) is 5.91 Å². The number of hydrogen-bond acceptors (Lipinski definition) is 2. The minimum atomic E-state index is 0.194. The van der Waals surface area contributed by atoms with Crippen LogP contribution in [0.1, 0.15) is 35.7 Å². The van der Waals surface area contributed by atoms with E-state index in [1.165, 1.54) is 24.9 Å². The van der Waals surface area contributed by atoms with Gasteiger partial charge in [-0.1, -0.05) is 22.0 Å². The lowest BCUT2D eigenvalue weighted by molar-refractivity contribution is 0.0716. The second-order valence-electron chi connectivity index (χ2n) is 5.84. The zero-order valence-electron chi connectivity index (χ0n) is 11.9. The number of carbonyl (C=O) groups excluding carboxylic acids is 1. The summed E-state index contributed by atoms with van der Waals surface area (Å²) in [7, 11) is 0. The molecule has 0 aliphatic carbocycles. The van der Waals surface area contributed by atoms with E-state index in [0.29, 0.717) is 6.04 Å². The Kier molecular flexibility index (Phi) is 4.13. The van der Waals surface area contributed by atoms with Crippen molar-refractivity contribution in [1.82, 2.24) is 9.80 Å². The molecule has 1 aromatic carbocycles. The topological polar surface area (TPSA) is 23.6 Å². The van der Waals surface area contributed by atoms with E-state index < -0.39 is 0 Å². The molecule has 0 bridgehead atoms. The SMILES string of the molecule is C[C@@H]1CCCN1CCN1CCc2c(Br)cccc2C1=O. The van der Waals surface area contributed by atoms with Crippen LogP contribution in [0.25, 0.3) is 0 Å². The molecule has 2 aliphatic rings. The van der Waals surface area contributed by atoms with Crippen molar-refractivity contribution in [3.8, 4) is 0 Å². The van der Waals surface area contributed by atoms with Crippen molar-refractivity contribution in [2.45, 2.75) is 32.2 Å². The number of fused-ring (bicyclic) bond motifs is 1. The molecule has 0 saturated carbocycles. The number of likely N-dealkylation sites (tertiary alicyclic amines) is 1. The first-order chi connectivity index (χ1) is 9.66. The molecule has 3 rings (SSSR count). The summed E-state index contributed by atoms with van der Waals surface area (Å²) in [6.45, 7) is 6.19. The standard InChI is InChI=1S/C16H21BrN2O/c1-12-4-3-8-18(12)10-11-19-9-7-13-14(16(19)20)5-2-6-15(13)17/h2,5-6,12H,3-4,7-11H2,1H3/t12-/m1/s1. The molecule has 1 amide bonds. The summed E-state index contributed by atoms with van der Waals surface area (Å²) in [5, 5.41) is 0. The van der Waals surface area contributed by atoms with E-state index >= 15 is 0 Å². The monoisotopic (exact) mass is 336 g/mol. The van der Waals surface area contributed by atoms with Crippen LogP contribution in [0.2, 0.25) is 0 Å². The van der Waals surface area contributed by atoms with Crippen LogP contribution >= 0.6 is 15.9 Å². The first-order valence-corrected chi connectivity index (χ1v) is 8.27. The molecule has 108 valence electrons. The smallest absolute Gasteiger partial charge is 0.254 e. The van der Waals surface area contributed by atoms with Crippen molar-refractivity contribution in [3.63, 3.8) is 0 Å². The summed E-state index contributed by atoms with van der Waals surface area (Å²) in [6, 6.07) is 6.60. The Morgan fingerprint density at radius 3 is 2.90 bits per heavy atom. The molecule has 3 nitrogen and oxygen atoms in total. The molecule has 1 saturated heterocycles. The van der Waals surface area contributed by atoms with Gasteiger partial charge in [0.25, 0.3) is 5.91 Å². The Morgan fingerprint density at radius 2 is 2.15 bits per heavy atom. The fraction of sp³-hybridized carbons (Fsp3) is 0.562. The molecule has 20 heavy (non-hydrogen) atoms. The first kappa shape index (κ1) is 14.1. The molecule has 0 spiro atoms. The van der Waals surface area contributed by atoms with Gasteiger partial charge in [0.2, 0.25) is 0 Å². The van der Waals surface area contributed by atoms with Crippen LogP contribution in [0.15, 0.2) is 22.7 Å². The molecule has 0 aromatic heterocycles. The van der Waals surface area contributed by atoms with Gasteiger partial charge in [0.05, 0.1) is 0 Å². The van der Waals surface area contributed by atoms with Crippen LogP contribution in [0.4, 0.5) is 0 Å².